The summed E-state index contributed by atoms with van der Waals surface area (Å²) in [6.07, 6.45) is 4.34. The number of hydrogen-bond donors (Lipinski definition) is 1. The minimum absolute atomic E-state index is 0.162. The number of aliphatic carboxylic acids is 1. The van der Waals surface area contributed by atoms with Crippen LogP contribution in [0.4, 0.5) is 0 Å². The maximum absolute atomic E-state index is 13.0. The molecule has 1 saturated heterocycles. The number of carbonyl (C=O) groups is 2. The van der Waals surface area contributed by atoms with Crippen molar-refractivity contribution >= 4 is 46.3 Å². The van der Waals surface area contributed by atoms with Crippen LogP contribution in [0.25, 0.3) is 17.4 Å². The molecule has 1 aliphatic carbocycles. The number of thiocarbonyl (C=S) groups is 1. The number of benzene rings is 1. The summed E-state index contributed by atoms with van der Waals surface area (Å²) in [6.45, 7) is 0. The summed E-state index contributed by atoms with van der Waals surface area (Å²) in [5.74, 6) is 0.617. The van der Waals surface area contributed by atoms with Crippen molar-refractivity contribution in [3.8, 4) is 17.1 Å². The maximum atomic E-state index is 13.0. The van der Waals surface area contributed by atoms with Gasteiger partial charge in [-0.05, 0) is 55.7 Å². The predicted octanol–water partition coefficient (Wildman–Crippen LogP) is 4.80. The van der Waals surface area contributed by atoms with Crippen LogP contribution in [-0.2, 0) is 9.59 Å². The molecule has 1 saturated carbocycles. The van der Waals surface area contributed by atoms with Gasteiger partial charge in [0, 0.05) is 17.7 Å². The van der Waals surface area contributed by atoms with Gasteiger partial charge in [-0.15, -0.1) is 0 Å². The van der Waals surface area contributed by atoms with Crippen molar-refractivity contribution in [1.29, 1.82) is 0 Å². The molecule has 0 spiro atoms. The van der Waals surface area contributed by atoms with Crippen molar-refractivity contribution in [2.45, 2.75) is 31.7 Å². The van der Waals surface area contributed by atoms with Gasteiger partial charge in [0.15, 0.2) is 0 Å². The maximum Gasteiger partial charge on any atom is 0.306 e. The van der Waals surface area contributed by atoms with Gasteiger partial charge in [0.25, 0.3) is 5.91 Å². The summed E-state index contributed by atoms with van der Waals surface area (Å²) in [4.78, 5) is 26.4. The zero-order valence-corrected chi connectivity index (χ0v) is 18.0. The van der Waals surface area contributed by atoms with Crippen molar-refractivity contribution in [2.24, 2.45) is 5.92 Å². The third-order valence-corrected chi connectivity index (χ3v) is 6.79. The molecular formula is C22H21NO5S2. The van der Waals surface area contributed by atoms with E-state index in [9.17, 15) is 14.7 Å². The molecule has 1 N–H and O–H groups in total. The molecule has 1 amide bonds. The lowest BCUT2D eigenvalue weighted by molar-refractivity contribution is -0.144. The summed E-state index contributed by atoms with van der Waals surface area (Å²) < 4.78 is 11.5. The normalized spacial score (nSPS) is 23.2. The highest BCUT2D eigenvalue weighted by atomic mass is 32.2. The van der Waals surface area contributed by atoms with Crippen LogP contribution in [0.3, 0.4) is 0 Å². The second-order valence-corrected chi connectivity index (χ2v) is 9.01. The molecule has 2 aromatic rings. The molecule has 30 heavy (non-hydrogen) atoms. The molecule has 156 valence electrons. The Morgan fingerprint density at radius 2 is 2.03 bits per heavy atom. The van der Waals surface area contributed by atoms with E-state index in [-0.39, 0.29) is 11.9 Å². The molecule has 1 aliphatic heterocycles. The first-order valence-corrected chi connectivity index (χ1v) is 10.9. The molecule has 2 fully saturated rings. The number of hydrogen-bond acceptors (Lipinski definition) is 6. The fourth-order valence-corrected chi connectivity index (χ4v) is 5.27. The average Bonchev–Trinajstić information content (AvgIpc) is 3.32. The number of thioether (sulfide) groups is 1. The van der Waals surface area contributed by atoms with Crippen LogP contribution in [-0.4, -0.2) is 39.4 Å². The molecule has 2 aliphatic rings. The first-order valence-electron chi connectivity index (χ1n) is 9.70. The molecule has 0 radical (unpaired) electrons. The van der Waals surface area contributed by atoms with Gasteiger partial charge < -0.3 is 14.3 Å². The van der Waals surface area contributed by atoms with Gasteiger partial charge in [-0.25, -0.2) is 0 Å². The first-order chi connectivity index (χ1) is 14.5. The van der Waals surface area contributed by atoms with Crippen LogP contribution in [0.2, 0.25) is 0 Å². The lowest BCUT2D eigenvalue weighted by atomic mass is 9.85. The topological polar surface area (TPSA) is 80.0 Å². The summed E-state index contributed by atoms with van der Waals surface area (Å²) in [6, 6.07) is 11.0. The molecule has 1 aromatic heterocycles. The van der Waals surface area contributed by atoms with Gasteiger partial charge in [-0.3, -0.25) is 14.5 Å². The number of carbonyl (C=O) groups excluding carboxylic acids is 1. The first kappa shape index (κ1) is 20.7. The van der Waals surface area contributed by atoms with Gasteiger partial charge in [0.05, 0.1) is 17.9 Å². The van der Waals surface area contributed by atoms with Gasteiger partial charge in [-0.2, -0.15) is 0 Å². The van der Waals surface area contributed by atoms with Gasteiger partial charge in [0.2, 0.25) is 0 Å². The molecule has 2 heterocycles. The number of ether oxygens (including phenoxy) is 1. The molecule has 1 aromatic carbocycles. The van der Waals surface area contributed by atoms with Gasteiger partial charge in [0.1, 0.15) is 21.6 Å². The molecule has 6 nitrogen and oxygen atoms in total. The fraction of sp³-hybridized carbons (Fsp3) is 0.318. The predicted molar refractivity (Wildman–Crippen MR) is 119 cm³/mol. The zero-order chi connectivity index (χ0) is 21.3. The lowest BCUT2D eigenvalue weighted by Gasteiger charge is -2.32. The largest absolute Gasteiger partial charge is 0.497 e. The molecule has 2 atom stereocenters. The minimum atomic E-state index is -0.803. The Bertz CT molecular complexity index is 1010. The lowest BCUT2D eigenvalue weighted by Crippen LogP contribution is -2.42. The molecular weight excluding hydrogens is 422 g/mol. The highest BCUT2D eigenvalue weighted by molar-refractivity contribution is 8.26. The van der Waals surface area contributed by atoms with Crippen LogP contribution in [0.1, 0.15) is 31.4 Å². The average molecular weight is 444 g/mol. The number of rotatable bonds is 5. The smallest absolute Gasteiger partial charge is 0.306 e. The van der Waals surface area contributed by atoms with E-state index in [4.69, 9.17) is 21.4 Å². The van der Waals surface area contributed by atoms with Crippen LogP contribution >= 0.6 is 24.0 Å². The number of amides is 1. The van der Waals surface area contributed by atoms with E-state index in [0.29, 0.717) is 33.6 Å². The van der Waals surface area contributed by atoms with E-state index in [0.717, 1.165) is 24.2 Å². The number of methoxy groups -OCH3 is 1. The van der Waals surface area contributed by atoms with Gasteiger partial charge >= 0.3 is 5.97 Å². The second kappa shape index (κ2) is 8.65. The van der Waals surface area contributed by atoms with E-state index in [1.54, 1.807) is 18.1 Å². The summed E-state index contributed by atoms with van der Waals surface area (Å²) in [7, 11) is 1.62. The highest BCUT2D eigenvalue weighted by Gasteiger charge is 2.40. The Hall–Kier alpha value is -2.58. The summed E-state index contributed by atoms with van der Waals surface area (Å²) in [5, 5.41) is 9.33. The van der Waals surface area contributed by atoms with E-state index in [1.165, 1.54) is 11.8 Å². The Kier molecular flexibility index (Phi) is 5.97. The van der Waals surface area contributed by atoms with Crippen molar-refractivity contribution < 1.29 is 23.8 Å². The van der Waals surface area contributed by atoms with Crippen molar-refractivity contribution in [2.75, 3.05) is 7.11 Å². The van der Waals surface area contributed by atoms with Crippen LogP contribution in [0.5, 0.6) is 5.75 Å². The number of furan rings is 1. The Morgan fingerprint density at radius 1 is 1.27 bits per heavy atom. The summed E-state index contributed by atoms with van der Waals surface area (Å²) >= 11 is 6.67. The summed E-state index contributed by atoms with van der Waals surface area (Å²) in [5.41, 5.74) is 0.907. The van der Waals surface area contributed by atoms with Crippen molar-refractivity contribution in [3.63, 3.8) is 0 Å². The molecule has 0 bridgehead atoms. The highest BCUT2D eigenvalue weighted by Crippen LogP contribution is 2.39. The quantitative estimate of drug-likeness (QED) is 0.525. The molecule has 4 rings (SSSR count). The second-order valence-electron chi connectivity index (χ2n) is 7.34. The standard InChI is InChI=1S/C22H21NO5S2/c1-27-16-7-5-13(6-8-16)18-10-9-17(28-18)12-19-20(24)23(22(29)30-19)15-4-2-3-14(11-15)21(25)26/h5-10,12,14-15H,2-4,11H2,1H3,(H,25,26)/b19-12+. The Balaban J connectivity index is 1.51. The van der Waals surface area contributed by atoms with Gasteiger partial charge in [-0.1, -0.05) is 30.4 Å². The number of carboxylic acid groups (broad SMARTS) is 1. The van der Waals surface area contributed by atoms with E-state index in [1.807, 2.05) is 36.4 Å². The third-order valence-electron chi connectivity index (χ3n) is 5.46. The monoisotopic (exact) mass is 443 g/mol. The van der Waals surface area contributed by atoms with Crippen LogP contribution in [0.15, 0.2) is 45.7 Å². The van der Waals surface area contributed by atoms with Crippen molar-refractivity contribution in [3.05, 3.63) is 47.1 Å². The Morgan fingerprint density at radius 3 is 2.73 bits per heavy atom. The van der Waals surface area contributed by atoms with E-state index < -0.39 is 11.9 Å². The fourth-order valence-electron chi connectivity index (χ4n) is 3.89. The zero-order valence-electron chi connectivity index (χ0n) is 16.4. The van der Waals surface area contributed by atoms with Crippen LogP contribution in [0, 0.1) is 5.92 Å². The van der Waals surface area contributed by atoms with E-state index in [2.05, 4.69) is 0 Å². The SMILES string of the molecule is COc1ccc(-c2ccc(/C=C3/SC(=S)N(C4CCCC(C(=O)O)C4)C3=O)o2)cc1. The third kappa shape index (κ3) is 4.15. The molecule has 8 heteroatoms. The van der Waals surface area contributed by atoms with Crippen LogP contribution < -0.4 is 4.74 Å². The minimum Gasteiger partial charge on any atom is -0.497 e. The number of nitrogens with zero attached hydrogens (tertiary/aromatic N) is 1. The Labute approximate surface area is 183 Å². The number of carboxylic acids is 1. The van der Waals surface area contributed by atoms with Crippen molar-refractivity contribution in [1.82, 2.24) is 4.90 Å². The van der Waals surface area contributed by atoms with E-state index >= 15 is 0 Å². The molecule has 2 unspecified atom stereocenters.